The van der Waals surface area contributed by atoms with Gasteiger partial charge in [-0.3, -0.25) is 0 Å². The number of hydrogen-bond acceptors (Lipinski definition) is 5. The van der Waals surface area contributed by atoms with Crippen LogP contribution in [0.4, 0.5) is 0 Å². The lowest BCUT2D eigenvalue weighted by molar-refractivity contribution is 0.0488. The van der Waals surface area contributed by atoms with Crippen molar-refractivity contribution in [1.29, 1.82) is 5.26 Å². The standard InChI is InChI=1S/C14H18N2O3/c15-7-10-2-1-3-14(4-10)19-9-13(18)8-16-11-5-12(17)6-11/h1-4,11-13,16-18H,5-6,8-9H2. The second-order valence-corrected chi connectivity index (χ2v) is 4.83. The highest BCUT2D eigenvalue weighted by Crippen LogP contribution is 2.19. The van der Waals surface area contributed by atoms with Gasteiger partial charge in [-0.25, -0.2) is 0 Å². The first-order valence-electron chi connectivity index (χ1n) is 6.40. The highest BCUT2D eigenvalue weighted by atomic mass is 16.5. The van der Waals surface area contributed by atoms with Crippen molar-refractivity contribution in [2.24, 2.45) is 0 Å². The fourth-order valence-electron chi connectivity index (χ4n) is 1.96. The molecule has 0 heterocycles. The highest BCUT2D eigenvalue weighted by molar-refractivity contribution is 5.36. The van der Waals surface area contributed by atoms with Gasteiger partial charge in [0.25, 0.3) is 0 Å². The Labute approximate surface area is 112 Å². The summed E-state index contributed by atoms with van der Waals surface area (Å²) in [5, 5.41) is 30.8. The third-order valence-electron chi connectivity index (χ3n) is 3.16. The molecule has 1 fully saturated rings. The number of nitrogens with one attached hydrogen (secondary N) is 1. The minimum Gasteiger partial charge on any atom is -0.491 e. The maximum atomic E-state index is 9.76. The zero-order valence-corrected chi connectivity index (χ0v) is 10.6. The van der Waals surface area contributed by atoms with Gasteiger partial charge in [0, 0.05) is 12.6 Å². The lowest BCUT2D eigenvalue weighted by Crippen LogP contribution is -2.47. The molecule has 1 aliphatic rings. The van der Waals surface area contributed by atoms with E-state index in [1.54, 1.807) is 24.3 Å². The van der Waals surface area contributed by atoms with Crippen molar-refractivity contribution in [3.8, 4) is 11.8 Å². The van der Waals surface area contributed by atoms with Gasteiger partial charge in [0.1, 0.15) is 18.5 Å². The summed E-state index contributed by atoms with van der Waals surface area (Å²) in [5.41, 5.74) is 0.536. The molecule has 1 saturated carbocycles. The molecular formula is C14H18N2O3. The van der Waals surface area contributed by atoms with Crippen molar-refractivity contribution in [2.75, 3.05) is 13.2 Å². The smallest absolute Gasteiger partial charge is 0.120 e. The molecule has 1 aromatic rings. The summed E-state index contributed by atoms with van der Waals surface area (Å²) in [6.07, 6.45) is 0.693. The average molecular weight is 262 g/mol. The van der Waals surface area contributed by atoms with Gasteiger partial charge in [-0.2, -0.15) is 5.26 Å². The van der Waals surface area contributed by atoms with Gasteiger partial charge in [0.05, 0.1) is 17.7 Å². The topological polar surface area (TPSA) is 85.5 Å². The normalized spacial score (nSPS) is 23.2. The molecule has 0 radical (unpaired) electrons. The summed E-state index contributed by atoms with van der Waals surface area (Å²) in [4.78, 5) is 0. The predicted molar refractivity (Wildman–Crippen MR) is 69.7 cm³/mol. The molecule has 19 heavy (non-hydrogen) atoms. The van der Waals surface area contributed by atoms with Crippen molar-refractivity contribution in [3.63, 3.8) is 0 Å². The van der Waals surface area contributed by atoms with Gasteiger partial charge in [0.15, 0.2) is 0 Å². The van der Waals surface area contributed by atoms with E-state index in [-0.39, 0.29) is 12.7 Å². The van der Waals surface area contributed by atoms with Crippen LogP contribution in [0.25, 0.3) is 0 Å². The molecule has 0 amide bonds. The summed E-state index contributed by atoms with van der Waals surface area (Å²) in [6, 6.07) is 9.17. The molecule has 1 aromatic carbocycles. The van der Waals surface area contributed by atoms with Crippen LogP contribution >= 0.6 is 0 Å². The Morgan fingerprint density at radius 3 is 2.95 bits per heavy atom. The third-order valence-corrected chi connectivity index (χ3v) is 3.16. The average Bonchev–Trinajstić information content (AvgIpc) is 2.40. The largest absolute Gasteiger partial charge is 0.491 e. The fraction of sp³-hybridized carbons (Fsp3) is 0.500. The summed E-state index contributed by atoms with van der Waals surface area (Å²) in [5.74, 6) is 0.581. The monoisotopic (exact) mass is 262 g/mol. The van der Waals surface area contributed by atoms with E-state index in [1.807, 2.05) is 6.07 Å². The van der Waals surface area contributed by atoms with Gasteiger partial charge in [-0.1, -0.05) is 6.07 Å². The summed E-state index contributed by atoms with van der Waals surface area (Å²) in [7, 11) is 0. The maximum absolute atomic E-state index is 9.76. The Bertz CT molecular complexity index is 452. The Morgan fingerprint density at radius 2 is 2.26 bits per heavy atom. The van der Waals surface area contributed by atoms with E-state index in [2.05, 4.69) is 5.32 Å². The lowest BCUT2D eigenvalue weighted by atomic mass is 9.89. The Kier molecular flexibility index (Phi) is 4.74. The van der Waals surface area contributed by atoms with Crippen LogP contribution < -0.4 is 10.1 Å². The van der Waals surface area contributed by atoms with Crippen LogP contribution in [0.1, 0.15) is 18.4 Å². The van der Waals surface area contributed by atoms with Gasteiger partial charge in [-0.05, 0) is 31.0 Å². The number of benzene rings is 1. The number of hydrogen-bond donors (Lipinski definition) is 3. The molecule has 3 N–H and O–H groups in total. The number of nitrogens with zero attached hydrogens (tertiary/aromatic N) is 1. The van der Waals surface area contributed by atoms with Crippen molar-refractivity contribution < 1.29 is 14.9 Å². The fourth-order valence-corrected chi connectivity index (χ4v) is 1.96. The molecule has 2 rings (SSSR count). The lowest BCUT2D eigenvalue weighted by Gasteiger charge is -2.32. The SMILES string of the molecule is N#Cc1cccc(OCC(O)CNC2CC(O)C2)c1. The number of ether oxygens (including phenoxy) is 1. The quantitative estimate of drug-likeness (QED) is 0.691. The maximum Gasteiger partial charge on any atom is 0.120 e. The molecule has 5 nitrogen and oxygen atoms in total. The number of aliphatic hydroxyl groups is 2. The molecule has 0 aliphatic heterocycles. The van der Waals surface area contributed by atoms with E-state index < -0.39 is 6.10 Å². The summed E-state index contributed by atoms with van der Waals surface area (Å²) >= 11 is 0. The summed E-state index contributed by atoms with van der Waals surface area (Å²) < 4.78 is 5.42. The molecule has 102 valence electrons. The third kappa shape index (κ3) is 4.21. The summed E-state index contributed by atoms with van der Waals surface area (Å²) in [6.45, 7) is 0.618. The zero-order valence-electron chi connectivity index (χ0n) is 10.6. The van der Waals surface area contributed by atoms with E-state index in [0.717, 1.165) is 12.8 Å². The van der Waals surface area contributed by atoms with Crippen molar-refractivity contribution in [1.82, 2.24) is 5.32 Å². The van der Waals surface area contributed by atoms with Crippen LogP contribution in [-0.2, 0) is 0 Å². The highest BCUT2D eigenvalue weighted by Gasteiger charge is 2.26. The zero-order chi connectivity index (χ0) is 13.7. The predicted octanol–water partition coefficient (Wildman–Crippen LogP) is 0.411. The molecule has 1 unspecified atom stereocenters. The molecule has 1 atom stereocenters. The van der Waals surface area contributed by atoms with Crippen molar-refractivity contribution in [2.45, 2.75) is 31.1 Å². The van der Waals surface area contributed by atoms with E-state index in [4.69, 9.17) is 15.1 Å². The van der Waals surface area contributed by atoms with Crippen LogP contribution in [0, 0.1) is 11.3 Å². The van der Waals surface area contributed by atoms with Crippen LogP contribution in [0.5, 0.6) is 5.75 Å². The molecule has 0 bridgehead atoms. The van der Waals surface area contributed by atoms with Gasteiger partial charge < -0.3 is 20.3 Å². The van der Waals surface area contributed by atoms with Gasteiger partial charge in [-0.15, -0.1) is 0 Å². The first-order chi connectivity index (χ1) is 9.17. The second-order valence-electron chi connectivity index (χ2n) is 4.83. The molecule has 0 aromatic heterocycles. The van der Waals surface area contributed by atoms with Crippen LogP contribution in [0.3, 0.4) is 0 Å². The molecular weight excluding hydrogens is 244 g/mol. The molecule has 1 aliphatic carbocycles. The first kappa shape index (κ1) is 13.8. The first-order valence-corrected chi connectivity index (χ1v) is 6.40. The molecule has 0 saturated heterocycles. The minimum absolute atomic E-state index is 0.178. The van der Waals surface area contributed by atoms with Gasteiger partial charge in [0.2, 0.25) is 0 Å². The second kappa shape index (κ2) is 6.53. The van der Waals surface area contributed by atoms with Crippen LogP contribution in [0.15, 0.2) is 24.3 Å². The van der Waals surface area contributed by atoms with E-state index >= 15 is 0 Å². The number of aliphatic hydroxyl groups excluding tert-OH is 2. The number of nitriles is 1. The van der Waals surface area contributed by atoms with Crippen LogP contribution in [-0.4, -0.2) is 41.6 Å². The van der Waals surface area contributed by atoms with E-state index in [0.29, 0.717) is 23.9 Å². The number of rotatable bonds is 6. The van der Waals surface area contributed by atoms with E-state index in [9.17, 15) is 5.11 Å². The van der Waals surface area contributed by atoms with E-state index in [1.165, 1.54) is 0 Å². The van der Waals surface area contributed by atoms with Crippen molar-refractivity contribution >= 4 is 0 Å². The molecule has 0 spiro atoms. The Hall–Kier alpha value is -1.61. The van der Waals surface area contributed by atoms with Crippen molar-refractivity contribution in [3.05, 3.63) is 29.8 Å². The van der Waals surface area contributed by atoms with Crippen LogP contribution in [0.2, 0.25) is 0 Å². The minimum atomic E-state index is -0.608. The Morgan fingerprint density at radius 1 is 1.47 bits per heavy atom. The molecule has 5 heteroatoms. The Balaban J connectivity index is 1.68. The van der Waals surface area contributed by atoms with Gasteiger partial charge >= 0.3 is 0 Å².